The molecule has 0 saturated heterocycles. The molecule has 0 unspecified atom stereocenters. The van der Waals surface area contributed by atoms with Gasteiger partial charge in [0.15, 0.2) is 5.13 Å². The highest BCUT2D eigenvalue weighted by Crippen LogP contribution is 2.36. The van der Waals surface area contributed by atoms with Gasteiger partial charge in [0, 0.05) is 22.0 Å². The first-order valence-corrected chi connectivity index (χ1v) is 10.9. The molecule has 0 bridgehead atoms. The van der Waals surface area contributed by atoms with Crippen LogP contribution in [0.15, 0.2) is 35.7 Å². The van der Waals surface area contributed by atoms with Crippen LogP contribution in [0.4, 0.5) is 10.8 Å². The van der Waals surface area contributed by atoms with Crippen molar-refractivity contribution in [1.29, 1.82) is 0 Å². The first-order valence-electron chi connectivity index (χ1n) is 9.24. The summed E-state index contributed by atoms with van der Waals surface area (Å²) in [5, 5.41) is 6.18. The van der Waals surface area contributed by atoms with Crippen LogP contribution in [-0.2, 0) is 12.8 Å². The highest BCUT2D eigenvalue weighted by molar-refractivity contribution is 7.21. The summed E-state index contributed by atoms with van der Waals surface area (Å²) >= 11 is 2.71. The maximum absolute atomic E-state index is 12.8. The van der Waals surface area contributed by atoms with E-state index in [0.717, 1.165) is 52.2 Å². The molecule has 3 aromatic heterocycles. The third-order valence-electron chi connectivity index (χ3n) is 5.05. The van der Waals surface area contributed by atoms with Crippen LogP contribution in [-0.4, -0.2) is 23.0 Å². The van der Waals surface area contributed by atoms with Gasteiger partial charge in [-0.1, -0.05) is 12.1 Å². The second-order valence-corrected chi connectivity index (χ2v) is 8.73. The molecular weight excluding hydrogens is 404 g/mol. The van der Waals surface area contributed by atoms with Gasteiger partial charge in [-0.3, -0.25) is 10.1 Å². The Labute approximate surface area is 175 Å². The number of hydrogen-bond donors (Lipinski definition) is 2. The number of aromatic nitrogens is 2. The summed E-state index contributed by atoms with van der Waals surface area (Å²) < 4.78 is 5.26. The van der Waals surface area contributed by atoms with E-state index in [9.17, 15) is 4.79 Å². The number of benzene rings is 1. The second-order valence-electron chi connectivity index (χ2n) is 6.87. The minimum atomic E-state index is -0.253. The van der Waals surface area contributed by atoms with E-state index >= 15 is 0 Å². The molecule has 1 aliphatic rings. The number of anilines is 2. The van der Waals surface area contributed by atoms with Gasteiger partial charge in [0.25, 0.3) is 5.91 Å². The van der Waals surface area contributed by atoms with Gasteiger partial charge in [0.1, 0.15) is 15.5 Å². The van der Waals surface area contributed by atoms with Crippen LogP contribution in [0.25, 0.3) is 21.5 Å². The number of hydrogen-bond acceptors (Lipinski definition) is 7. The lowest BCUT2D eigenvalue weighted by molar-refractivity contribution is 0.103. The standard InChI is InChI=1S/C21H18N4O2S2/c1-27-13-6-2-4-11(8-13)16-10-28-21(24-16)25-19(26)18-17(22)14-9-12-5-3-7-15(12)23-20(14)29-18/h2,4,6,8-10H,3,5,7,22H2,1H3,(H,24,25,26). The van der Waals surface area contributed by atoms with Crippen molar-refractivity contribution < 1.29 is 9.53 Å². The average molecular weight is 423 g/mol. The number of carbonyl (C=O) groups is 1. The van der Waals surface area contributed by atoms with Gasteiger partial charge in [0.2, 0.25) is 0 Å². The van der Waals surface area contributed by atoms with Crippen LogP contribution >= 0.6 is 22.7 Å². The molecule has 0 aliphatic heterocycles. The third kappa shape index (κ3) is 3.24. The van der Waals surface area contributed by atoms with Crippen molar-refractivity contribution in [2.24, 2.45) is 0 Å². The maximum Gasteiger partial charge on any atom is 0.269 e. The quantitative estimate of drug-likeness (QED) is 0.495. The lowest BCUT2D eigenvalue weighted by Gasteiger charge is -2.02. The molecule has 3 N–H and O–H groups in total. The molecule has 8 heteroatoms. The van der Waals surface area contributed by atoms with Gasteiger partial charge in [0.05, 0.1) is 18.5 Å². The number of ether oxygens (including phenoxy) is 1. The predicted octanol–water partition coefficient (Wildman–Crippen LogP) is 4.75. The lowest BCUT2D eigenvalue weighted by Crippen LogP contribution is -2.11. The zero-order chi connectivity index (χ0) is 20.0. The molecule has 0 atom stereocenters. The number of fused-ring (bicyclic) bond motifs is 2. The summed E-state index contributed by atoms with van der Waals surface area (Å²) in [7, 11) is 1.63. The number of nitrogens with zero attached hydrogens (tertiary/aromatic N) is 2. The lowest BCUT2D eigenvalue weighted by atomic mass is 10.1. The monoisotopic (exact) mass is 422 g/mol. The van der Waals surface area contributed by atoms with E-state index in [-0.39, 0.29) is 5.91 Å². The Morgan fingerprint density at radius 2 is 2.14 bits per heavy atom. The Morgan fingerprint density at radius 1 is 1.24 bits per heavy atom. The van der Waals surface area contributed by atoms with E-state index in [0.29, 0.717) is 15.7 Å². The number of nitrogens with one attached hydrogen (secondary N) is 1. The summed E-state index contributed by atoms with van der Waals surface area (Å²) in [5.41, 5.74) is 10.9. The Morgan fingerprint density at radius 3 is 3.00 bits per heavy atom. The second kappa shape index (κ2) is 7.13. The number of nitrogen functional groups attached to an aromatic ring is 1. The fraction of sp³-hybridized carbons (Fsp3) is 0.190. The number of methoxy groups -OCH3 is 1. The number of nitrogens with two attached hydrogens (primary N) is 1. The average Bonchev–Trinajstić information content (AvgIpc) is 3.46. The molecule has 6 nitrogen and oxygen atoms in total. The molecule has 0 spiro atoms. The molecule has 29 heavy (non-hydrogen) atoms. The molecule has 1 aromatic carbocycles. The Balaban J connectivity index is 1.41. The Bertz CT molecular complexity index is 1240. The van der Waals surface area contributed by atoms with Crippen LogP contribution in [0.5, 0.6) is 5.75 Å². The highest BCUT2D eigenvalue weighted by Gasteiger charge is 2.21. The van der Waals surface area contributed by atoms with Crippen LogP contribution < -0.4 is 15.8 Å². The molecule has 1 amide bonds. The fourth-order valence-corrected chi connectivity index (χ4v) is 5.27. The molecule has 1 aliphatic carbocycles. The van der Waals surface area contributed by atoms with Crippen molar-refractivity contribution in [1.82, 2.24) is 9.97 Å². The number of aryl methyl sites for hydroxylation is 2. The largest absolute Gasteiger partial charge is 0.497 e. The number of carbonyl (C=O) groups excluding carboxylic acids is 1. The molecular formula is C21H18N4O2S2. The maximum atomic E-state index is 12.8. The van der Waals surface area contributed by atoms with Gasteiger partial charge in [-0.15, -0.1) is 22.7 Å². The molecule has 4 aromatic rings. The molecule has 146 valence electrons. The van der Waals surface area contributed by atoms with Gasteiger partial charge in [-0.25, -0.2) is 9.97 Å². The fourth-order valence-electron chi connectivity index (χ4n) is 3.57. The summed E-state index contributed by atoms with van der Waals surface area (Å²) in [5.74, 6) is 0.510. The zero-order valence-corrected chi connectivity index (χ0v) is 17.3. The minimum absolute atomic E-state index is 0.253. The van der Waals surface area contributed by atoms with Gasteiger partial charge >= 0.3 is 0 Å². The van der Waals surface area contributed by atoms with Crippen molar-refractivity contribution in [3.05, 3.63) is 51.8 Å². The van der Waals surface area contributed by atoms with Gasteiger partial charge < -0.3 is 10.5 Å². The van der Waals surface area contributed by atoms with E-state index in [4.69, 9.17) is 15.5 Å². The van der Waals surface area contributed by atoms with E-state index in [2.05, 4.69) is 16.4 Å². The van der Waals surface area contributed by atoms with Crippen molar-refractivity contribution >= 4 is 49.6 Å². The van der Waals surface area contributed by atoms with Gasteiger partial charge in [-0.05, 0) is 43.0 Å². The molecule has 0 fully saturated rings. The van der Waals surface area contributed by atoms with Crippen LogP contribution in [0.3, 0.4) is 0 Å². The molecule has 3 heterocycles. The molecule has 5 rings (SSSR count). The van der Waals surface area contributed by atoms with Crippen LogP contribution in [0.2, 0.25) is 0 Å². The third-order valence-corrected chi connectivity index (χ3v) is 6.92. The van der Waals surface area contributed by atoms with Crippen LogP contribution in [0, 0.1) is 0 Å². The number of pyridine rings is 1. The smallest absolute Gasteiger partial charge is 0.269 e. The molecule has 0 saturated carbocycles. The van der Waals surface area contributed by atoms with Crippen molar-refractivity contribution in [3.8, 4) is 17.0 Å². The highest BCUT2D eigenvalue weighted by atomic mass is 32.1. The summed E-state index contributed by atoms with van der Waals surface area (Å²) in [6, 6.07) is 9.76. The van der Waals surface area contributed by atoms with E-state index in [1.807, 2.05) is 29.6 Å². The van der Waals surface area contributed by atoms with Crippen molar-refractivity contribution in [2.45, 2.75) is 19.3 Å². The first kappa shape index (κ1) is 18.1. The van der Waals surface area contributed by atoms with Gasteiger partial charge in [-0.2, -0.15) is 0 Å². The topological polar surface area (TPSA) is 90.1 Å². The SMILES string of the molecule is COc1cccc(-c2csc(NC(=O)c3sc4nc5c(cc4c3N)CCC5)n2)c1. The minimum Gasteiger partial charge on any atom is -0.497 e. The number of rotatable bonds is 4. The van der Waals surface area contributed by atoms with Crippen molar-refractivity contribution in [3.63, 3.8) is 0 Å². The predicted molar refractivity (Wildman–Crippen MR) is 118 cm³/mol. The van der Waals surface area contributed by atoms with Crippen LogP contribution in [0.1, 0.15) is 27.3 Å². The number of thiazole rings is 1. The van der Waals surface area contributed by atoms with E-state index < -0.39 is 0 Å². The molecule has 0 radical (unpaired) electrons. The Kier molecular flexibility index (Phi) is 4.44. The van der Waals surface area contributed by atoms with E-state index in [1.54, 1.807) is 7.11 Å². The summed E-state index contributed by atoms with van der Waals surface area (Å²) in [6.45, 7) is 0. The number of thiophene rings is 1. The first-order chi connectivity index (χ1) is 14.1. The zero-order valence-electron chi connectivity index (χ0n) is 15.7. The van der Waals surface area contributed by atoms with E-state index in [1.165, 1.54) is 28.2 Å². The number of amides is 1. The summed E-state index contributed by atoms with van der Waals surface area (Å²) in [6.07, 6.45) is 3.16. The van der Waals surface area contributed by atoms with Crippen molar-refractivity contribution in [2.75, 3.05) is 18.2 Å². The normalized spacial score (nSPS) is 12.9. The summed E-state index contributed by atoms with van der Waals surface area (Å²) in [4.78, 5) is 23.4. The Hall–Kier alpha value is -2.97.